The predicted molar refractivity (Wildman–Crippen MR) is 127 cm³/mol. The van der Waals surface area contributed by atoms with Crippen LogP contribution in [0.1, 0.15) is 49.6 Å². The SMILES string of the molecule is CC(C)c1cc(Nc2nc(N3CCCC3C(=O)Nc3ccc(F)cc3)nc3c2CC(O)C3)n[nH]1. The minimum absolute atomic E-state index is 0.184. The maximum Gasteiger partial charge on any atom is 0.247 e. The molecule has 0 bridgehead atoms. The first-order valence-corrected chi connectivity index (χ1v) is 11.6. The first-order chi connectivity index (χ1) is 16.4. The Bertz CT molecular complexity index is 1190. The van der Waals surface area contributed by atoms with Gasteiger partial charge in [0.1, 0.15) is 17.7 Å². The number of hydrogen-bond donors (Lipinski definition) is 4. The molecule has 34 heavy (non-hydrogen) atoms. The van der Waals surface area contributed by atoms with Crippen molar-refractivity contribution < 1.29 is 14.3 Å². The topological polar surface area (TPSA) is 119 Å². The van der Waals surface area contributed by atoms with Gasteiger partial charge in [0.2, 0.25) is 11.9 Å². The Morgan fingerprint density at radius 3 is 2.76 bits per heavy atom. The van der Waals surface area contributed by atoms with Crippen LogP contribution >= 0.6 is 0 Å². The Morgan fingerprint density at radius 1 is 1.24 bits per heavy atom. The second-order valence-electron chi connectivity index (χ2n) is 9.20. The molecule has 2 aliphatic rings. The van der Waals surface area contributed by atoms with Gasteiger partial charge in [0.25, 0.3) is 0 Å². The molecule has 1 aliphatic carbocycles. The number of H-pyrrole nitrogens is 1. The summed E-state index contributed by atoms with van der Waals surface area (Å²) in [5.74, 6) is 1.46. The molecule has 0 radical (unpaired) electrons. The van der Waals surface area contributed by atoms with E-state index in [1.165, 1.54) is 24.3 Å². The lowest BCUT2D eigenvalue weighted by Gasteiger charge is -2.25. The van der Waals surface area contributed by atoms with Gasteiger partial charge in [0, 0.05) is 42.4 Å². The van der Waals surface area contributed by atoms with Crippen LogP contribution in [0.15, 0.2) is 30.3 Å². The summed E-state index contributed by atoms with van der Waals surface area (Å²) in [6.45, 7) is 4.81. The van der Waals surface area contributed by atoms with Crippen molar-refractivity contribution in [3.8, 4) is 0 Å². The van der Waals surface area contributed by atoms with Gasteiger partial charge < -0.3 is 20.6 Å². The summed E-state index contributed by atoms with van der Waals surface area (Å²) in [7, 11) is 0. The number of nitrogens with one attached hydrogen (secondary N) is 3. The largest absolute Gasteiger partial charge is 0.392 e. The molecule has 3 aromatic rings. The minimum Gasteiger partial charge on any atom is -0.392 e. The van der Waals surface area contributed by atoms with Crippen molar-refractivity contribution in [2.24, 2.45) is 0 Å². The van der Waals surface area contributed by atoms with Crippen molar-refractivity contribution in [1.82, 2.24) is 20.2 Å². The number of benzene rings is 1. The first-order valence-electron chi connectivity index (χ1n) is 11.6. The molecule has 0 saturated carbocycles. The van der Waals surface area contributed by atoms with E-state index in [0.717, 1.165) is 23.4 Å². The lowest BCUT2D eigenvalue weighted by atomic mass is 10.1. The average Bonchev–Trinajstić information content (AvgIpc) is 3.54. The Morgan fingerprint density at radius 2 is 2.03 bits per heavy atom. The number of hydrogen-bond acceptors (Lipinski definition) is 7. The van der Waals surface area contributed by atoms with Crippen molar-refractivity contribution in [3.63, 3.8) is 0 Å². The number of amides is 1. The number of carbonyl (C=O) groups excluding carboxylic acids is 1. The van der Waals surface area contributed by atoms with E-state index < -0.39 is 12.1 Å². The van der Waals surface area contributed by atoms with Crippen LogP contribution in [0.2, 0.25) is 0 Å². The van der Waals surface area contributed by atoms with E-state index in [2.05, 4.69) is 34.7 Å². The highest BCUT2D eigenvalue weighted by Gasteiger charge is 2.35. The summed E-state index contributed by atoms with van der Waals surface area (Å²) in [5.41, 5.74) is 3.20. The maximum absolute atomic E-state index is 13.2. The summed E-state index contributed by atoms with van der Waals surface area (Å²) in [5, 5.41) is 23.8. The Labute approximate surface area is 196 Å². The lowest BCUT2D eigenvalue weighted by Crippen LogP contribution is -2.40. The fourth-order valence-corrected chi connectivity index (χ4v) is 4.52. The molecule has 1 aromatic carbocycles. The maximum atomic E-state index is 13.2. The van der Waals surface area contributed by atoms with Gasteiger partial charge in [-0.05, 0) is 43.0 Å². The highest BCUT2D eigenvalue weighted by atomic mass is 19.1. The van der Waals surface area contributed by atoms with Crippen molar-refractivity contribution >= 4 is 29.2 Å². The number of anilines is 4. The minimum atomic E-state index is -0.512. The molecule has 2 unspecified atom stereocenters. The van der Waals surface area contributed by atoms with Gasteiger partial charge in [-0.15, -0.1) is 0 Å². The molecular formula is C24H28FN7O2. The summed E-state index contributed by atoms with van der Waals surface area (Å²) in [4.78, 5) is 24.4. The standard InChI is InChI=1S/C24H28FN7O2/c1-13(2)18-12-21(31-30-18)28-22-17-10-16(33)11-19(17)27-24(29-22)32-9-3-4-20(32)23(34)26-15-7-5-14(25)6-8-15/h5-8,12-13,16,20,33H,3-4,9-11H2,1-2H3,(H,26,34)(H2,27,28,29,30,31). The summed E-state index contributed by atoms with van der Waals surface area (Å²) in [6.07, 6.45) is 1.88. The highest BCUT2D eigenvalue weighted by molar-refractivity contribution is 5.97. The lowest BCUT2D eigenvalue weighted by molar-refractivity contribution is -0.117. The van der Waals surface area contributed by atoms with E-state index in [1.807, 2.05) is 11.0 Å². The van der Waals surface area contributed by atoms with Gasteiger partial charge in [0.15, 0.2) is 5.82 Å². The number of aromatic nitrogens is 4. The van der Waals surface area contributed by atoms with Gasteiger partial charge >= 0.3 is 0 Å². The van der Waals surface area contributed by atoms with Crippen LogP contribution in [0.3, 0.4) is 0 Å². The molecular weight excluding hydrogens is 437 g/mol. The van der Waals surface area contributed by atoms with Gasteiger partial charge in [-0.2, -0.15) is 10.1 Å². The first kappa shape index (κ1) is 22.3. The van der Waals surface area contributed by atoms with Crippen molar-refractivity contribution in [3.05, 3.63) is 53.1 Å². The van der Waals surface area contributed by atoms with E-state index >= 15 is 0 Å². The Hall–Kier alpha value is -3.53. The van der Waals surface area contributed by atoms with Crippen LogP contribution in [0.5, 0.6) is 0 Å². The molecule has 2 aromatic heterocycles. The number of fused-ring (bicyclic) bond motifs is 1. The molecule has 9 nitrogen and oxygen atoms in total. The van der Waals surface area contributed by atoms with Crippen LogP contribution in [-0.2, 0) is 17.6 Å². The highest BCUT2D eigenvalue weighted by Crippen LogP contribution is 2.33. The second kappa shape index (κ2) is 9.02. The Balaban J connectivity index is 1.42. The number of aliphatic hydroxyl groups is 1. The van der Waals surface area contributed by atoms with Crippen molar-refractivity contribution in [1.29, 1.82) is 0 Å². The smallest absolute Gasteiger partial charge is 0.247 e. The van der Waals surface area contributed by atoms with Gasteiger partial charge in [-0.25, -0.2) is 9.37 Å². The quantitative estimate of drug-likeness (QED) is 0.441. The third-order valence-corrected chi connectivity index (χ3v) is 6.34. The summed E-state index contributed by atoms with van der Waals surface area (Å²) in [6, 6.07) is 7.21. The summed E-state index contributed by atoms with van der Waals surface area (Å²) < 4.78 is 13.2. The van der Waals surface area contributed by atoms with Crippen LogP contribution < -0.4 is 15.5 Å². The molecule has 2 atom stereocenters. The number of carbonyl (C=O) groups is 1. The number of aliphatic hydroxyl groups excluding tert-OH is 1. The van der Waals surface area contributed by atoms with E-state index in [9.17, 15) is 14.3 Å². The molecule has 178 valence electrons. The molecule has 10 heteroatoms. The number of aromatic amines is 1. The predicted octanol–water partition coefficient (Wildman–Crippen LogP) is 3.27. The zero-order valence-corrected chi connectivity index (χ0v) is 19.2. The van der Waals surface area contributed by atoms with Gasteiger partial charge in [-0.1, -0.05) is 13.8 Å². The van der Waals surface area contributed by atoms with Crippen LogP contribution in [0, 0.1) is 5.82 Å². The van der Waals surface area contributed by atoms with Crippen molar-refractivity contribution in [2.45, 2.75) is 57.6 Å². The number of halogens is 1. The van der Waals surface area contributed by atoms with E-state index in [1.54, 1.807) is 0 Å². The zero-order valence-electron chi connectivity index (χ0n) is 19.2. The van der Waals surface area contributed by atoms with Gasteiger partial charge in [-0.3, -0.25) is 9.89 Å². The summed E-state index contributed by atoms with van der Waals surface area (Å²) >= 11 is 0. The number of rotatable bonds is 6. The molecule has 5 rings (SSSR count). The molecule has 0 spiro atoms. The van der Waals surface area contributed by atoms with E-state index in [0.29, 0.717) is 55.0 Å². The Kier molecular flexibility index (Phi) is 5.91. The van der Waals surface area contributed by atoms with E-state index in [-0.39, 0.29) is 11.7 Å². The fraction of sp³-hybridized carbons (Fsp3) is 0.417. The molecule has 1 amide bonds. The zero-order chi connectivity index (χ0) is 23.8. The third-order valence-electron chi connectivity index (χ3n) is 6.34. The van der Waals surface area contributed by atoms with Crippen molar-refractivity contribution in [2.75, 3.05) is 22.1 Å². The fourth-order valence-electron chi connectivity index (χ4n) is 4.52. The molecule has 4 N–H and O–H groups in total. The van der Waals surface area contributed by atoms with Crippen LogP contribution in [0.25, 0.3) is 0 Å². The third kappa shape index (κ3) is 4.45. The average molecular weight is 466 g/mol. The van der Waals surface area contributed by atoms with Crippen LogP contribution in [0.4, 0.5) is 27.7 Å². The monoisotopic (exact) mass is 465 g/mol. The normalized spacial score (nSPS) is 19.5. The van der Waals surface area contributed by atoms with E-state index in [4.69, 9.17) is 9.97 Å². The van der Waals surface area contributed by atoms with Crippen LogP contribution in [-0.4, -0.2) is 49.9 Å². The molecule has 1 aliphatic heterocycles. The molecule has 3 heterocycles. The molecule has 1 saturated heterocycles. The second-order valence-corrected chi connectivity index (χ2v) is 9.20. The number of nitrogens with zero attached hydrogens (tertiary/aromatic N) is 4. The van der Waals surface area contributed by atoms with Gasteiger partial charge in [0.05, 0.1) is 11.8 Å². The molecule has 1 fully saturated rings.